The molecule has 148 valence electrons. The second-order valence-electron chi connectivity index (χ2n) is 6.46. The highest BCUT2D eigenvalue weighted by Crippen LogP contribution is 2.29. The van der Waals surface area contributed by atoms with Crippen LogP contribution in [0.1, 0.15) is 25.3 Å². The van der Waals surface area contributed by atoms with E-state index in [4.69, 9.17) is 16.3 Å². The second-order valence-corrected chi connectivity index (χ2v) is 6.90. The van der Waals surface area contributed by atoms with E-state index < -0.39 is 0 Å². The molecule has 1 aliphatic rings. The lowest BCUT2D eigenvalue weighted by atomic mass is 10.1. The number of aryl methyl sites for hydroxylation is 1. The van der Waals surface area contributed by atoms with E-state index in [9.17, 15) is 0 Å². The number of rotatable bonds is 8. The lowest BCUT2D eigenvalue weighted by Gasteiger charge is -2.21. The molecule has 1 aromatic rings. The van der Waals surface area contributed by atoms with E-state index in [0.717, 1.165) is 56.8 Å². The average Bonchev–Trinajstić information content (AvgIpc) is 3.08. The number of hydrogen-bond acceptors (Lipinski definition) is 3. The van der Waals surface area contributed by atoms with Crippen molar-refractivity contribution in [3.63, 3.8) is 0 Å². The minimum atomic E-state index is 0. The Morgan fingerprint density at radius 2 is 2.19 bits per heavy atom. The minimum absolute atomic E-state index is 0. The van der Waals surface area contributed by atoms with Crippen LogP contribution in [0.4, 0.5) is 5.69 Å². The van der Waals surface area contributed by atoms with Crippen LogP contribution < -0.4 is 15.5 Å². The van der Waals surface area contributed by atoms with Crippen LogP contribution in [0.25, 0.3) is 0 Å². The van der Waals surface area contributed by atoms with E-state index in [0.29, 0.717) is 5.92 Å². The van der Waals surface area contributed by atoms with Crippen molar-refractivity contribution in [1.82, 2.24) is 10.6 Å². The summed E-state index contributed by atoms with van der Waals surface area (Å²) in [6, 6.07) is 6.12. The number of benzene rings is 1. The Bertz CT molecular complexity index is 570. The summed E-state index contributed by atoms with van der Waals surface area (Å²) in [5.74, 6) is 1.48. The van der Waals surface area contributed by atoms with Crippen LogP contribution in [0.2, 0.25) is 5.02 Å². The summed E-state index contributed by atoms with van der Waals surface area (Å²) in [4.78, 5) is 6.73. The van der Waals surface area contributed by atoms with Gasteiger partial charge >= 0.3 is 0 Å². The molecule has 1 atom stereocenters. The first-order valence-corrected chi connectivity index (χ1v) is 9.55. The van der Waals surface area contributed by atoms with Crippen molar-refractivity contribution in [3.8, 4) is 0 Å². The van der Waals surface area contributed by atoms with Crippen molar-refractivity contribution in [3.05, 3.63) is 28.8 Å². The maximum absolute atomic E-state index is 6.16. The molecule has 1 unspecified atom stereocenters. The summed E-state index contributed by atoms with van der Waals surface area (Å²) < 4.78 is 5.35. The zero-order valence-electron chi connectivity index (χ0n) is 16.1. The number of nitrogens with one attached hydrogen (secondary N) is 2. The molecule has 1 aromatic carbocycles. The average molecular weight is 495 g/mol. The number of aliphatic imine (C=N–C) groups is 1. The predicted molar refractivity (Wildman–Crippen MR) is 122 cm³/mol. The number of halogens is 2. The van der Waals surface area contributed by atoms with Crippen molar-refractivity contribution >= 4 is 47.2 Å². The van der Waals surface area contributed by atoms with Gasteiger partial charge in [0.2, 0.25) is 0 Å². The largest absolute Gasteiger partial charge is 0.382 e. The Kier molecular flexibility index (Phi) is 11.3. The van der Waals surface area contributed by atoms with E-state index in [1.54, 1.807) is 0 Å². The molecule has 0 radical (unpaired) electrons. The summed E-state index contributed by atoms with van der Waals surface area (Å²) in [5.41, 5.74) is 2.54. The van der Waals surface area contributed by atoms with Gasteiger partial charge in [-0.05, 0) is 50.3 Å². The monoisotopic (exact) mass is 494 g/mol. The Labute approximate surface area is 179 Å². The van der Waals surface area contributed by atoms with Crippen LogP contribution in [0.3, 0.4) is 0 Å². The first-order chi connectivity index (χ1) is 12.1. The molecule has 5 nitrogen and oxygen atoms in total. The highest BCUT2D eigenvalue weighted by molar-refractivity contribution is 14.0. The van der Waals surface area contributed by atoms with Gasteiger partial charge in [-0.1, -0.05) is 17.7 Å². The SMILES string of the molecule is CCOCCCNC(=NC)NCC1CCN(c2cc(Cl)ccc2C)C1.I. The molecule has 0 aromatic heterocycles. The van der Waals surface area contributed by atoms with Gasteiger partial charge in [-0.25, -0.2) is 0 Å². The Morgan fingerprint density at radius 1 is 1.38 bits per heavy atom. The molecule has 0 aliphatic carbocycles. The van der Waals surface area contributed by atoms with E-state index in [1.165, 1.54) is 17.7 Å². The van der Waals surface area contributed by atoms with Gasteiger partial charge in [0, 0.05) is 57.2 Å². The van der Waals surface area contributed by atoms with Gasteiger partial charge in [-0.3, -0.25) is 4.99 Å². The van der Waals surface area contributed by atoms with Gasteiger partial charge in [-0.15, -0.1) is 24.0 Å². The zero-order valence-corrected chi connectivity index (χ0v) is 19.1. The molecule has 7 heteroatoms. The molecular weight excluding hydrogens is 463 g/mol. The molecule has 0 bridgehead atoms. The van der Waals surface area contributed by atoms with Gasteiger partial charge in [-0.2, -0.15) is 0 Å². The van der Waals surface area contributed by atoms with Crippen LogP contribution in [0.5, 0.6) is 0 Å². The normalized spacial score (nSPS) is 17.2. The van der Waals surface area contributed by atoms with Crippen LogP contribution >= 0.6 is 35.6 Å². The smallest absolute Gasteiger partial charge is 0.190 e. The summed E-state index contributed by atoms with van der Waals surface area (Å²) in [7, 11) is 1.81. The number of anilines is 1. The molecule has 0 amide bonds. The summed E-state index contributed by atoms with van der Waals surface area (Å²) in [6.45, 7) is 9.66. The quantitative estimate of drug-likeness (QED) is 0.250. The Morgan fingerprint density at radius 3 is 2.92 bits per heavy atom. The van der Waals surface area contributed by atoms with Gasteiger partial charge in [0.05, 0.1) is 0 Å². The van der Waals surface area contributed by atoms with Gasteiger partial charge in [0.1, 0.15) is 0 Å². The second kappa shape index (κ2) is 12.6. The molecule has 2 N–H and O–H groups in total. The third-order valence-electron chi connectivity index (χ3n) is 4.54. The molecule has 0 saturated carbocycles. The Balaban J connectivity index is 0.00000338. The lowest BCUT2D eigenvalue weighted by molar-refractivity contribution is 0.145. The molecular formula is C19H32ClIN4O. The first-order valence-electron chi connectivity index (χ1n) is 9.17. The third-order valence-corrected chi connectivity index (χ3v) is 4.78. The molecule has 2 rings (SSSR count). The standard InChI is InChI=1S/C19H31ClN4O.HI/c1-4-25-11-5-9-22-19(21-3)23-13-16-8-10-24(14-16)18-12-17(20)7-6-15(18)2;/h6-7,12,16H,4-5,8-11,13-14H2,1-3H3,(H2,21,22,23);1H. The topological polar surface area (TPSA) is 48.9 Å². The fourth-order valence-electron chi connectivity index (χ4n) is 3.13. The molecule has 0 spiro atoms. The predicted octanol–water partition coefficient (Wildman–Crippen LogP) is 3.68. The number of nitrogens with zero attached hydrogens (tertiary/aromatic N) is 2. The molecule has 1 saturated heterocycles. The van der Waals surface area contributed by atoms with Crippen LogP contribution in [0.15, 0.2) is 23.2 Å². The van der Waals surface area contributed by atoms with Crippen molar-refractivity contribution < 1.29 is 4.74 Å². The van der Waals surface area contributed by atoms with Crippen LogP contribution in [-0.4, -0.2) is 52.4 Å². The van der Waals surface area contributed by atoms with Crippen molar-refractivity contribution in [2.24, 2.45) is 10.9 Å². The van der Waals surface area contributed by atoms with Crippen molar-refractivity contribution in [2.75, 3.05) is 51.3 Å². The molecule has 1 aliphatic heterocycles. The van der Waals surface area contributed by atoms with Crippen LogP contribution in [0, 0.1) is 12.8 Å². The van der Waals surface area contributed by atoms with Crippen molar-refractivity contribution in [2.45, 2.75) is 26.7 Å². The van der Waals surface area contributed by atoms with Gasteiger partial charge < -0.3 is 20.3 Å². The number of ether oxygens (including phenoxy) is 1. The number of hydrogen-bond donors (Lipinski definition) is 2. The van der Waals surface area contributed by atoms with E-state index in [-0.39, 0.29) is 24.0 Å². The van der Waals surface area contributed by atoms with Crippen molar-refractivity contribution in [1.29, 1.82) is 0 Å². The summed E-state index contributed by atoms with van der Waals surface area (Å²) in [6.07, 6.45) is 2.17. The third kappa shape index (κ3) is 7.48. The van der Waals surface area contributed by atoms with Crippen LogP contribution in [-0.2, 0) is 4.74 Å². The minimum Gasteiger partial charge on any atom is -0.382 e. The summed E-state index contributed by atoms with van der Waals surface area (Å²) >= 11 is 6.16. The van der Waals surface area contributed by atoms with Gasteiger partial charge in [0.15, 0.2) is 5.96 Å². The zero-order chi connectivity index (χ0) is 18.1. The van der Waals surface area contributed by atoms with E-state index in [1.807, 2.05) is 20.0 Å². The maximum atomic E-state index is 6.16. The summed E-state index contributed by atoms with van der Waals surface area (Å²) in [5, 5.41) is 7.59. The fourth-order valence-corrected chi connectivity index (χ4v) is 3.29. The number of guanidine groups is 1. The van der Waals surface area contributed by atoms with E-state index in [2.05, 4.69) is 39.6 Å². The Hall–Kier alpha value is -0.730. The lowest BCUT2D eigenvalue weighted by Crippen LogP contribution is -2.40. The molecule has 26 heavy (non-hydrogen) atoms. The van der Waals surface area contributed by atoms with E-state index >= 15 is 0 Å². The maximum Gasteiger partial charge on any atom is 0.190 e. The molecule has 1 heterocycles. The fraction of sp³-hybridized carbons (Fsp3) is 0.632. The van der Waals surface area contributed by atoms with Gasteiger partial charge in [0.25, 0.3) is 0 Å². The molecule has 1 fully saturated rings. The first kappa shape index (κ1) is 23.3. The highest BCUT2D eigenvalue weighted by Gasteiger charge is 2.23. The highest BCUT2D eigenvalue weighted by atomic mass is 127.